The quantitative estimate of drug-likeness (QED) is 0.600. The monoisotopic (exact) mass is 400 g/mol. The number of hydrogen-bond donors (Lipinski definition) is 2. The molecule has 10 heteroatoms. The van der Waals surface area contributed by atoms with E-state index in [1.54, 1.807) is 0 Å². The van der Waals surface area contributed by atoms with Crippen LogP contribution in [0.1, 0.15) is 6.92 Å². The average Bonchev–Trinajstić information content (AvgIpc) is 3.13. The molecule has 0 unspecified atom stereocenters. The summed E-state index contributed by atoms with van der Waals surface area (Å²) in [4.78, 5) is 53.1. The van der Waals surface area contributed by atoms with Crippen LogP contribution in [0.4, 0.5) is 5.13 Å². The first-order chi connectivity index (χ1) is 13.4. The van der Waals surface area contributed by atoms with E-state index < -0.39 is 35.8 Å². The number of rotatable bonds is 6. The zero-order valence-electron chi connectivity index (χ0n) is 14.7. The highest BCUT2D eigenvalue weighted by Gasteiger charge is 2.19. The molecule has 2 heterocycles. The number of aromatic amines is 1. The lowest BCUT2D eigenvalue weighted by Gasteiger charge is -2.12. The van der Waals surface area contributed by atoms with Gasteiger partial charge in [0.05, 0.1) is 5.69 Å². The Hall–Kier alpha value is -3.53. The standard InChI is InChI=1S/C18H16N4O5S/c1-11(27-15(24)9-22-8-7-14(23)20-18(22)26)16(25)21-17-19-13(10-28-17)12-5-3-2-4-6-12/h2-8,10-11H,9H2,1H3,(H,19,21,25)(H,20,23,26)/t11-/m0/s1. The molecule has 1 atom stereocenters. The molecular formula is C18H16N4O5S. The van der Waals surface area contributed by atoms with E-state index in [2.05, 4.69) is 10.3 Å². The number of thiazole rings is 1. The van der Waals surface area contributed by atoms with Crippen LogP contribution in [0, 0.1) is 0 Å². The summed E-state index contributed by atoms with van der Waals surface area (Å²) in [5.41, 5.74) is 0.339. The van der Waals surface area contributed by atoms with Gasteiger partial charge in [0.25, 0.3) is 11.5 Å². The maximum absolute atomic E-state index is 12.2. The fraction of sp³-hybridized carbons (Fsp3) is 0.167. The molecule has 2 N–H and O–H groups in total. The van der Waals surface area contributed by atoms with Gasteiger partial charge in [-0.05, 0) is 6.92 Å². The summed E-state index contributed by atoms with van der Waals surface area (Å²) in [7, 11) is 0. The van der Waals surface area contributed by atoms with Crippen molar-refractivity contribution in [3.8, 4) is 11.3 Å². The van der Waals surface area contributed by atoms with Crippen LogP contribution in [0.3, 0.4) is 0 Å². The van der Waals surface area contributed by atoms with E-state index >= 15 is 0 Å². The molecule has 0 radical (unpaired) electrons. The highest BCUT2D eigenvalue weighted by Crippen LogP contribution is 2.24. The number of carbonyl (C=O) groups excluding carboxylic acids is 2. The van der Waals surface area contributed by atoms with Crippen LogP contribution in [-0.2, 0) is 20.9 Å². The topological polar surface area (TPSA) is 123 Å². The van der Waals surface area contributed by atoms with Gasteiger partial charge in [0.2, 0.25) is 0 Å². The van der Waals surface area contributed by atoms with Gasteiger partial charge in [0, 0.05) is 23.2 Å². The second kappa shape index (κ2) is 8.44. The molecule has 0 bridgehead atoms. The van der Waals surface area contributed by atoms with E-state index in [0.29, 0.717) is 5.13 Å². The molecule has 0 aliphatic rings. The number of aromatic nitrogens is 3. The zero-order valence-corrected chi connectivity index (χ0v) is 15.6. The Morgan fingerprint density at radius 3 is 2.71 bits per heavy atom. The van der Waals surface area contributed by atoms with E-state index in [4.69, 9.17) is 4.74 Å². The van der Waals surface area contributed by atoms with Gasteiger partial charge < -0.3 is 4.74 Å². The van der Waals surface area contributed by atoms with Crippen LogP contribution in [0.2, 0.25) is 0 Å². The van der Waals surface area contributed by atoms with Crippen molar-refractivity contribution in [3.05, 3.63) is 68.8 Å². The van der Waals surface area contributed by atoms with Gasteiger partial charge in [-0.15, -0.1) is 11.3 Å². The molecule has 0 aliphatic heterocycles. The van der Waals surface area contributed by atoms with Crippen molar-refractivity contribution in [1.82, 2.24) is 14.5 Å². The molecule has 0 saturated heterocycles. The predicted molar refractivity (Wildman–Crippen MR) is 103 cm³/mol. The molecule has 0 aliphatic carbocycles. The first-order valence-electron chi connectivity index (χ1n) is 8.23. The van der Waals surface area contributed by atoms with Gasteiger partial charge in [-0.3, -0.25) is 29.3 Å². The van der Waals surface area contributed by atoms with Crippen LogP contribution in [0.25, 0.3) is 11.3 Å². The number of ether oxygens (including phenoxy) is 1. The van der Waals surface area contributed by atoms with E-state index in [0.717, 1.165) is 21.9 Å². The third-order valence-electron chi connectivity index (χ3n) is 3.68. The molecule has 28 heavy (non-hydrogen) atoms. The first-order valence-corrected chi connectivity index (χ1v) is 9.11. The predicted octanol–water partition coefficient (Wildman–Crippen LogP) is 1.23. The molecule has 3 rings (SSSR count). The van der Waals surface area contributed by atoms with Gasteiger partial charge >= 0.3 is 11.7 Å². The SMILES string of the molecule is C[C@H](OC(=O)Cn1ccc(=O)[nH]c1=O)C(=O)Nc1nc(-c2ccccc2)cs1. The van der Waals surface area contributed by atoms with Crippen molar-refractivity contribution in [2.24, 2.45) is 0 Å². The molecule has 1 amide bonds. The summed E-state index contributed by atoms with van der Waals surface area (Å²) in [5.74, 6) is -1.34. The summed E-state index contributed by atoms with van der Waals surface area (Å²) in [6, 6.07) is 10.6. The lowest BCUT2D eigenvalue weighted by molar-refractivity contribution is -0.153. The number of carbonyl (C=O) groups is 2. The second-order valence-corrected chi connectivity index (χ2v) is 6.62. The molecule has 9 nitrogen and oxygen atoms in total. The molecule has 1 aromatic carbocycles. The van der Waals surface area contributed by atoms with Gasteiger partial charge in [-0.2, -0.15) is 0 Å². The number of nitrogens with one attached hydrogen (secondary N) is 2. The van der Waals surface area contributed by atoms with Gasteiger partial charge in [0.1, 0.15) is 6.54 Å². The summed E-state index contributed by atoms with van der Waals surface area (Å²) in [6.07, 6.45) is 0.0865. The smallest absolute Gasteiger partial charge is 0.328 e. The van der Waals surface area contributed by atoms with E-state index in [9.17, 15) is 19.2 Å². The van der Waals surface area contributed by atoms with Crippen LogP contribution in [0.5, 0.6) is 0 Å². The van der Waals surface area contributed by atoms with Crippen LogP contribution in [-0.4, -0.2) is 32.5 Å². The normalized spacial score (nSPS) is 11.6. The molecule has 144 valence electrons. The highest BCUT2D eigenvalue weighted by atomic mass is 32.1. The fourth-order valence-corrected chi connectivity index (χ4v) is 3.00. The minimum absolute atomic E-state index is 0.378. The van der Waals surface area contributed by atoms with Crippen molar-refractivity contribution in [2.75, 3.05) is 5.32 Å². The Morgan fingerprint density at radius 1 is 1.25 bits per heavy atom. The molecule has 0 fully saturated rings. The zero-order chi connectivity index (χ0) is 20.1. The van der Waals surface area contributed by atoms with Crippen molar-refractivity contribution < 1.29 is 14.3 Å². The Morgan fingerprint density at radius 2 is 2.00 bits per heavy atom. The molecule has 2 aromatic heterocycles. The summed E-state index contributed by atoms with van der Waals surface area (Å²) < 4.78 is 6.01. The third-order valence-corrected chi connectivity index (χ3v) is 4.44. The van der Waals surface area contributed by atoms with E-state index in [1.807, 2.05) is 40.7 Å². The van der Waals surface area contributed by atoms with Crippen molar-refractivity contribution in [3.63, 3.8) is 0 Å². The Bertz CT molecular complexity index is 1100. The fourth-order valence-electron chi connectivity index (χ4n) is 2.28. The highest BCUT2D eigenvalue weighted by molar-refractivity contribution is 7.14. The number of anilines is 1. The number of hydrogen-bond acceptors (Lipinski definition) is 7. The number of benzene rings is 1. The number of nitrogens with zero attached hydrogens (tertiary/aromatic N) is 2. The summed E-state index contributed by atoms with van der Waals surface area (Å²) >= 11 is 1.25. The van der Waals surface area contributed by atoms with Crippen LogP contribution >= 0.6 is 11.3 Å². The Labute approximate surface area is 162 Å². The van der Waals surface area contributed by atoms with Gasteiger partial charge in [-0.25, -0.2) is 9.78 Å². The molecule has 3 aromatic rings. The van der Waals surface area contributed by atoms with Crippen molar-refractivity contribution in [1.29, 1.82) is 0 Å². The van der Waals surface area contributed by atoms with Crippen LogP contribution in [0.15, 0.2) is 57.6 Å². The van der Waals surface area contributed by atoms with Gasteiger partial charge in [0.15, 0.2) is 11.2 Å². The van der Waals surface area contributed by atoms with Crippen LogP contribution < -0.4 is 16.6 Å². The Balaban J connectivity index is 1.57. The van der Waals surface area contributed by atoms with Crippen molar-refractivity contribution >= 4 is 28.3 Å². The van der Waals surface area contributed by atoms with Gasteiger partial charge in [-0.1, -0.05) is 30.3 Å². The third kappa shape index (κ3) is 4.80. The average molecular weight is 400 g/mol. The van der Waals surface area contributed by atoms with E-state index in [-0.39, 0.29) is 0 Å². The largest absolute Gasteiger partial charge is 0.451 e. The lowest BCUT2D eigenvalue weighted by atomic mass is 10.2. The Kier molecular flexibility index (Phi) is 5.80. The minimum atomic E-state index is -1.09. The maximum Gasteiger partial charge on any atom is 0.328 e. The summed E-state index contributed by atoms with van der Waals surface area (Å²) in [6.45, 7) is 0.983. The number of esters is 1. The maximum atomic E-state index is 12.2. The van der Waals surface area contributed by atoms with E-state index in [1.165, 1.54) is 24.5 Å². The number of H-pyrrole nitrogens is 1. The van der Waals surface area contributed by atoms with Crippen molar-refractivity contribution in [2.45, 2.75) is 19.6 Å². The molecule has 0 spiro atoms. The lowest BCUT2D eigenvalue weighted by Crippen LogP contribution is -2.34. The molecule has 0 saturated carbocycles. The molecular weight excluding hydrogens is 384 g/mol. The second-order valence-electron chi connectivity index (χ2n) is 5.76. The minimum Gasteiger partial charge on any atom is -0.451 e. The first kappa shape index (κ1) is 19.2. The number of amides is 1. The summed E-state index contributed by atoms with van der Waals surface area (Å²) in [5, 5.41) is 4.78.